The highest BCUT2D eigenvalue weighted by atomic mass is 31.2. The minimum atomic E-state index is -5.64. The first-order chi connectivity index (χ1) is 70.6. The number of nitrogen functional groups attached to an aromatic ring is 7. The first-order valence-electron chi connectivity index (χ1n) is 44.0. The molecule has 27 atom stereocenters. The number of phosphoric ester groups is 7. The first kappa shape index (κ1) is 103. The number of aliphatic hydroxyl groups excluding tert-OH is 1. The van der Waals surface area contributed by atoms with E-state index in [2.05, 4.69) is 105 Å². The third-order valence-corrected chi connectivity index (χ3v) is 31.2. The third-order valence-electron chi connectivity index (χ3n) is 24.6. The summed E-state index contributed by atoms with van der Waals surface area (Å²) < 4.78 is 225. The monoisotopic (exact) mass is 2210 g/mol. The first-order valence-corrected chi connectivity index (χ1v) is 54.5. The van der Waals surface area contributed by atoms with E-state index in [0.29, 0.717) is 0 Å². The number of aromatic nitrogens is 28. The van der Waals surface area contributed by atoms with Crippen LogP contribution in [0.3, 0.4) is 0 Å². The molecule has 71 nitrogen and oxygen atoms in total. The Morgan fingerprint density at radius 3 is 0.568 bits per heavy atom. The Bertz CT molecular complexity index is 7590. The minimum absolute atomic E-state index is 0.0171. The molecule has 7 fully saturated rings. The number of phosphoric acid groups is 7. The van der Waals surface area contributed by atoms with Crippen LogP contribution in [0.2, 0.25) is 0 Å². The van der Waals surface area contributed by atoms with Crippen LogP contribution in [0.25, 0.3) is 78.1 Å². The largest absolute Gasteiger partial charge is 0.472 e. The average molecular weight is 2210 g/mol. The van der Waals surface area contributed by atoms with Gasteiger partial charge in [0.05, 0.1) is 96.6 Å². The Morgan fingerprint density at radius 1 is 0.236 bits per heavy atom. The molecule has 0 saturated carbocycles. The van der Waals surface area contributed by atoms with Crippen molar-refractivity contribution in [3.63, 3.8) is 0 Å². The van der Waals surface area contributed by atoms with Gasteiger partial charge in [-0.05, 0) is 0 Å². The lowest BCUT2D eigenvalue weighted by molar-refractivity contribution is -0.0642. The van der Waals surface area contributed by atoms with Crippen molar-refractivity contribution >= 4 is 174 Å². The molecule has 0 radical (unpaired) electrons. The molecule has 0 bridgehead atoms. The number of anilines is 7. The van der Waals surface area contributed by atoms with E-state index in [0.717, 1.165) is 38.0 Å². The predicted octanol–water partition coefficient (Wildman–Crippen LogP) is 0.437. The Kier molecular flexibility index (Phi) is 28.2. The van der Waals surface area contributed by atoms with Gasteiger partial charge >= 0.3 is 54.8 Å². The molecule has 7 aliphatic heterocycles. The molecule has 21 heterocycles. The van der Waals surface area contributed by atoms with Crippen LogP contribution < -0.4 is 40.1 Å². The second-order valence-electron chi connectivity index (χ2n) is 33.9. The van der Waals surface area contributed by atoms with E-state index in [4.69, 9.17) is 132 Å². The summed E-state index contributed by atoms with van der Waals surface area (Å²) in [5, 5.41) is 11.1. The number of hydrogen-bond donors (Lipinski definition) is 16. The summed E-state index contributed by atoms with van der Waals surface area (Å²) in [5.41, 5.74) is 44.3. The molecule has 0 aromatic carbocycles. The van der Waals surface area contributed by atoms with Gasteiger partial charge in [0.25, 0.3) is 0 Å². The molecule has 14 aromatic rings. The number of aliphatic hydroxyl groups is 1. The van der Waals surface area contributed by atoms with Crippen molar-refractivity contribution < 1.29 is 168 Å². The summed E-state index contributed by atoms with van der Waals surface area (Å²) >= 11 is 0. The van der Waals surface area contributed by atoms with Crippen molar-refractivity contribution in [3.8, 4) is 0 Å². The van der Waals surface area contributed by atoms with Gasteiger partial charge in [-0.15, -0.1) is 0 Å². The lowest BCUT2D eigenvalue weighted by atomic mass is 10.2. The van der Waals surface area contributed by atoms with Crippen LogP contribution in [-0.4, -0.2) is 313 Å². The minimum Gasteiger partial charge on any atom is -0.390 e. The van der Waals surface area contributed by atoms with Crippen molar-refractivity contribution in [3.05, 3.63) is 88.6 Å². The highest BCUT2D eigenvalue weighted by molar-refractivity contribution is 7.49. The molecule has 7 aliphatic rings. The summed E-state index contributed by atoms with van der Waals surface area (Å²) in [6, 6.07) is 0. The summed E-state index contributed by atoms with van der Waals surface area (Å²) in [6.07, 6.45) is -16.7. The fourth-order valence-corrected chi connectivity index (χ4v) is 23.9. The van der Waals surface area contributed by atoms with Crippen LogP contribution >= 0.6 is 54.8 Å². The Balaban J connectivity index is 0.503. The third kappa shape index (κ3) is 21.7. The number of hydrogen-bond acceptors (Lipinski definition) is 56. The Morgan fingerprint density at radius 2 is 0.392 bits per heavy atom. The van der Waals surface area contributed by atoms with Crippen molar-refractivity contribution in [2.75, 3.05) is 86.4 Å². The molecule has 6 unspecified atom stereocenters. The highest BCUT2D eigenvalue weighted by Crippen LogP contribution is 2.59. The molecule has 21 rings (SSSR count). The number of fused-ring (bicyclic) bond motifs is 7. The van der Waals surface area contributed by atoms with Crippen molar-refractivity contribution in [2.24, 2.45) is 0 Å². The summed E-state index contributed by atoms with van der Waals surface area (Å²) in [4.78, 5) is 177. The zero-order chi connectivity index (χ0) is 104. The van der Waals surface area contributed by atoms with Gasteiger partial charge in [0.1, 0.15) is 206 Å². The SMILES string of the molecule is Nc1ncnc2c1ncn2[C@H]1C[C@H](OP(=O)(O)OC[C@H]2O[C@@H](n3cnc4c(N)ncnc43)C[C@@H]2OP(=O)(O)OC[C@H]2O[C@@H](n3cnc4c(N)ncnc43)C[C@@H]2OP(=O)(O)OC[C@H]2O[C@@H](n3cnc4c(N)ncnc43)C[C@@H]2OP(=O)(O)OC[C@H]2O[C@@H](n3cnc4c(N)ncnc43)C[C@@H]2OP(=O)(O)OC[C@H]2O[C@@H](n3cnc4c(N)ncnc43)C[C@@H]2OP(=O)(O)OC[C@H]2O[C@@H](n3cnc4c(N)ncnc43)C[C@@H]2O)[C@@H](COP(=O)(O)O)O1. The van der Waals surface area contributed by atoms with Crippen LogP contribution in [0, 0.1) is 0 Å². The number of nitrogens with two attached hydrogens (primary N) is 7. The number of rotatable bonds is 40. The van der Waals surface area contributed by atoms with Crippen molar-refractivity contribution in [1.82, 2.24) is 137 Å². The van der Waals surface area contributed by atoms with E-state index >= 15 is 0 Å². The zero-order valence-electron chi connectivity index (χ0n) is 75.3. The van der Waals surface area contributed by atoms with Gasteiger partial charge in [-0.2, -0.15) is 0 Å². The molecule has 148 heavy (non-hydrogen) atoms. The van der Waals surface area contributed by atoms with Gasteiger partial charge in [0.15, 0.2) is 80.3 Å². The van der Waals surface area contributed by atoms with Gasteiger partial charge in [-0.3, -0.25) is 90.8 Å². The topological polar surface area (TPSA) is 974 Å². The van der Waals surface area contributed by atoms with Crippen molar-refractivity contribution in [1.29, 1.82) is 0 Å². The van der Waals surface area contributed by atoms with E-state index in [-0.39, 0.29) is 138 Å². The summed E-state index contributed by atoms with van der Waals surface area (Å²) in [6.45, 7) is -6.83. The van der Waals surface area contributed by atoms with Crippen LogP contribution in [0.15, 0.2) is 88.6 Å². The van der Waals surface area contributed by atoms with E-state index in [1.54, 1.807) is 0 Å². The molecule has 14 aromatic heterocycles. The van der Waals surface area contributed by atoms with Gasteiger partial charge in [-0.25, -0.2) is 137 Å². The molecule has 0 amide bonds. The highest BCUT2D eigenvalue weighted by Gasteiger charge is 2.54. The zero-order valence-corrected chi connectivity index (χ0v) is 81.6. The molecule has 7 saturated heterocycles. The van der Waals surface area contributed by atoms with Gasteiger partial charge < -0.3 is 118 Å². The summed E-state index contributed by atoms with van der Waals surface area (Å²) in [7, 11) is -38.3. The molecule has 0 aliphatic carbocycles. The number of ether oxygens (including phenoxy) is 7. The maximum Gasteiger partial charge on any atom is 0.472 e. The van der Waals surface area contributed by atoms with Crippen LogP contribution in [0.4, 0.5) is 40.7 Å². The molecule has 0 spiro atoms. The fraction of sp³-hybridized carbons (Fsp3) is 0.500. The summed E-state index contributed by atoms with van der Waals surface area (Å²) in [5.74, 6) is -0.272. The molecular weight excluding hydrogens is 2120 g/mol. The predicted molar refractivity (Wildman–Crippen MR) is 486 cm³/mol. The smallest absolute Gasteiger partial charge is 0.390 e. The van der Waals surface area contributed by atoms with Crippen LogP contribution in [0.5, 0.6) is 0 Å². The standard InChI is InChI=1S/C70H86N35O36P7/c71-57-50-64(85-15-78-57)99(22-92-50)43-1-29(106)36(129-43)8-123-143(110,111)137-31-3-45(101-24-94-52-59(73)80-17-87-66(52)101)131-38(31)10-125-145(114,115)139-33-5-47(103-26-96-54-61(75)82-19-89-68(54)103)133-40(33)12-127-147(118,119)141-35-7-49(105-28-98-56-63(77)84-21-91-70(56)105)135-42(35)14-128-148(120,121)140-34-6-48(104-27-97-55-62(76)83-20-90-69(55)104)134-41(34)13-126-146(116,117)138-32-4-46(102-25-95-53-60(74)81-18-88-67(53)102)132-39(32)11-124-144(112,113)136-30-2-44(130-37(30)9-122-142(107,108)109)100-23-93-51-58(72)79-16-86-65(51)100/h15-49,106H,1-14H2,(H,110,111)(H,112,113)(H,114,115)(H,116,117)(H,118,119)(H,120,121)(H2,71,78,85)(H2,72,79,86)(H2,73,80,87)(H2,74,81,88)(H2,75,82,89)(H2,76,83,90)(H2,77,84,91)(H2,107,108,109)/t29-,30-,31-,32-,33-,34-,35-,36+,37+,38+,39+,40+,41+,42+,43+,44+,45+,46+,47+,48+,49+/m0/s1. The number of nitrogens with zero attached hydrogens (tertiary/aromatic N) is 28. The molecular formula is C70H86N35O36P7. The van der Waals surface area contributed by atoms with Gasteiger partial charge in [0.2, 0.25) is 0 Å². The number of imidazole rings is 7. The van der Waals surface area contributed by atoms with E-state index in [1.165, 1.54) is 82.6 Å². The van der Waals surface area contributed by atoms with E-state index < -0.39 is 256 Å². The molecule has 23 N–H and O–H groups in total. The van der Waals surface area contributed by atoms with Crippen molar-refractivity contribution in [2.45, 2.75) is 174 Å². The molecule has 792 valence electrons. The van der Waals surface area contributed by atoms with Gasteiger partial charge in [-0.1, -0.05) is 0 Å². The Labute approximate surface area is 823 Å². The second-order valence-corrected chi connectivity index (χ2v) is 43.6. The maximum atomic E-state index is 14.8. The average Bonchev–Trinajstić information content (AvgIpc) is 1.63. The normalized spacial score (nSPS) is 29.1. The second kappa shape index (κ2) is 40.6. The lowest BCUT2D eigenvalue weighted by Crippen LogP contribution is -2.32. The van der Waals surface area contributed by atoms with Crippen LogP contribution in [0.1, 0.15) is 88.5 Å². The van der Waals surface area contributed by atoms with E-state index in [9.17, 15) is 76.2 Å². The molecule has 78 heteroatoms. The van der Waals surface area contributed by atoms with Crippen LogP contribution in [-0.2, 0) is 124 Å². The fourth-order valence-electron chi connectivity index (χ4n) is 17.8. The van der Waals surface area contributed by atoms with E-state index in [1.807, 2.05) is 0 Å². The van der Waals surface area contributed by atoms with Gasteiger partial charge in [0, 0.05) is 44.9 Å². The lowest BCUT2D eigenvalue weighted by Gasteiger charge is -2.26. The maximum absolute atomic E-state index is 14.8. The quantitative estimate of drug-likeness (QED) is 0.0232. The Hall–Kier alpha value is -11.1.